The van der Waals surface area contributed by atoms with Crippen LogP contribution >= 0.6 is 0 Å². The molecule has 0 saturated carbocycles. The molecule has 0 fully saturated rings. The molecule has 11 aromatic rings. The number of anilines is 2. The van der Waals surface area contributed by atoms with Gasteiger partial charge in [0.2, 0.25) is 0 Å². The van der Waals surface area contributed by atoms with E-state index in [1.165, 1.54) is 92.4 Å². The molecule has 0 bridgehead atoms. The molecule has 8 aromatic carbocycles. The highest BCUT2D eigenvalue weighted by Crippen LogP contribution is 2.46. The van der Waals surface area contributed by atoms with E-state index in [0.717, 1.165) is 34.0 Å². The summed E-state index contributed by atoms with van der Waals surface area (Å²) < 4.78 is 12.1. The van der Waals surface area contributed by atoms with Crippen molar-refractivity contribution in [2.24, 2.45) is 0 Å². The van der Waals surface area contributed by atoms with Crippen molar-refractivity contribution in [1.82, 2.24) is 14.1 Å². The van der Waals surface area contributed by atoms with Gasteiger partial charge in [-0.15, -0.1) is 0 Å². The van der Waals surface area contributed by atoms with Gasteiger partial charge in [-0.1, -0.05) is 206 Å². The number of nitrogens with zero attached hydrogens (tertiary/aromatic N) is 4. The summed E-state index contributed by atoms with van der Waals surface area (Å²) in [5.41, 5.74) is 12.0. The third-order valence-electron chi connectivity index (χ3n) is 15.7. The van der Waals surface area contributed by atoms with Crippen LogP contribution in [0.2, 0.25) is 39.3 Å². The molecular weight excluding hydrogens is 945 g/mol. The second-order valence-electron chi connectivity index (χ2n) is 25.0. The van der Waals surface area contributed by atoms with Gasteiger partial charge >= 0.3 is 0 Å². The van der Waals surface area contributed by atoms with Gasteiger partial charge in [0.15, 0.2) is 0 Å². The quantitative estimate of drug-likeness (QED) is 0.149. The van der Waals surface area contributed by atoms with Gasteiger partial charge < -0.3 is 14.2 Å². The van der Waals surface area contributed by atoms with E-state index >= 15 is 0 Å². The maximum atomic E-state index is 7.17. The molecule has 0 spiro atoms. The minimum absolute atomic E-state index is 0.0230. The van der Waals surface area contributed by atoms with Gasteiger partial charge in [-0.2, -0.15) is 0 Å². The number of hydrogen-bond acceptors (Lipinski definition) is 3. The Morgan fingerprint density at radius 1 is 0.453 bits per heavy atom. The fourth-order valence-corrected chi connectivity index (χ4v) is 13.7. The van der Waals surface area contributed by atoms with Crippen LogP contribution in [-0.4, -0.2) is 30.3 Å². The van der Waals surface area contributed by atoms with Crippen molar-refractivity contribution in [3.05, 3.63) is 193 Å². The lowest BCUT2D eigenvalue weighted by Crippen LogP contribution is -2.38. The van der Waals surface area contributed by atoms with Crippen molar-refractivity contribution in [2.75, 3.05) is 4.90 Å². The lowest BCUT2D eigenvalue weighted by atomic mass is 9.85. The standard InChI is InChI=1S/C68H68N4OSi2/c1-67(2,3)45-33-34-69-64(38-45)72-61-29-18-17-25-57(61)58-32-31-48(42-63(58)72)73-49-39-47(40-51(41-49)75(10,11)12)70-43-71-65-52(44-35-46(68(4,5)6)37-50(36-44)74(7,8)9)26-19-27-59(65)55-23-15-13-21-53(55)54-22-14-16-24-56(54)60-28-20-30-62(70)66(60)71/h13-42H,43H2,1-12H3. The van der Waals surface area contributed by atoms with Gasteiger partial charge in [0.1, 0.15) is 24.0 Å². The highest BCUT2D eigenvalue weighted by molar-refractivity contribution is 6.89. The summed E-state index contributed by atoms with van der Waals surface area (Å²) in [6.45, 7) is 29.2. The molecule has 374 valence electrons. The first kappa shape index (κ1) is 48.5. The van der Waals surface area contributed by atoms with Crippen LogP contribution in [0.15, 0.2) is 182 Å². The summed E-state index contributed by atoms with van der Waals surface area (Å²) in [6.07, 6.45) is 1.94. The van der Waals surface area contributed by atoms with Gasteiger partial charge in [0.25, 0.3) is 0 Å². The normalized spacial score (nSPS) is 13.3. The zero-order valence-corrected chi connectivity index (χ0v) is 47.7. The topological polar surface area (TPSA) is 35.2 Å². The third-order valence-corrected chi connectivity index (χ3v) is 19.7. The van der Waals surface area contributed by atoms with Crippen molar-refractivity contribution in [1.29, 1.82) is 0 Å². The second kappa shape index (κ2) is 17.6. The molecule has 75 heavy (non-hydrogen) atoms. The zero-order valence-electron chi connectivity index (χ0n) is 45.7. The summed E-state index contributed by atoms with van der Waals surface area (Å²) in [4.78, 5) is 7.51. The Bertz CT molecular complexity index is 4160. The maximum Gasteiger partial charge on any atom is 0.137 e. The smallest absolute Gasteiger partial charge is 0.137 e. The molecule has 1 aliphatic rings. The van der Waals surface area contributed by atoms with Crippen molar-refractivity contribution in [3.63, 3.8) is 0 Å². The Hall–Kier alpha value is -7.46. The summed E-state index contributed by atoms with van der Waals surface area (Å²) in [5.74, 6) is 2.52. The summed E-state index contributed by atoms with van der Waals surface area (Å²) in [5, 5.41) is 12.6. The minimum Gasteiger partial charge on any atom is -0.457 e. The zero-order chi connectivity index (χ0) is 52.3. The van der Waals surface area contributed by atoms with Gasteiger partial charge in [-0.05, 0) is 97.6 Å². The minimum atomic E-state index is -1.91. The number of aromatic nitrogens is 3. The summed E-state index contributed by atoms with van der Waals surface area (Å²) in [7, 11) is -3.65. The lowest BCUT2D eigenvalue weighted by molar-refractivity contribution is 0.483. The highest BCUT2D eigenvalue weighted by Gasteiger charge is 2.29. The molecule has 0 amide bonds. The molecule has 0 aliphatic carbocycles. The molecule has 0 radical (unpaired) electrons. The predicted octanol–water partition coefficient (Wildman–Crippen LogP) is 18.0. The number of ether oxygens (including phenoxy) is 1. The monoisotopic (exact) mass is 1010 g/mol. The number of benzene rings is 8. The summed E-state index contributed by atoms with van der Waals surface area (Å²) in [6, 6.07) is 66.1. The van der Waals surface area contributed by atoms with Gasteiger partial charge in [0, 0.05) is 51.1 Å². The first-order valence-corrected chi connectivity index (χ1v) is 33.7. The van der Waals surface area contributed by atoms with Crippen LogP contribution in [0.25, 0.3) is 82.1 Å². The van der Waals surface area contributed by atoms with Crippen molar-refractivity contribution < 1.29 is 4.74 Å². The van der Waals surface area contributed by atoms with Crippen LogP contribution in [0.1, 0.15) is 52.7 Å². The molecule has 5 nitrogen and oxygen atoms in total. The van der Waals surface area contributed by atoms with Gasteiger partial charge in [0.05, 0.1) is 43.9 Å². The van der Waals surface area contributed by atoms with Gasteiger partial charge in [-0.25, -0.2) is 4.98 Å². The van der Waals surface area contributed by atoms with Crippen molar-refractivity contribution in [2.45, 2.75) is 98.3 Å². The van der Waals surface area contributed by atoms with Crippen molar-refractivity contribution in [3.8, 4) is 28.4 Å². The average molecular weight is 1010 g/mol. The number of pyridine rings is 1. The van der Waals surface area contributed by atoms with E-state index in [0.29, 0.717) is 6.67 Å². The first-order valence-electron chi connectivity index (χ1n) is 26.7. The molecule has 12 rings (SSSR count). The molecule has 7 heteroatoms. The Morgan fingerprint density at radius 3 is 1.68 bits per heavy atom. The third kappa shape index (κ3) is 8.50. The summed E-state index contributed by atoms with van der Waals surface area (Å²) >= 11 is 0. The van der Waals surface area contributed by atoms with E-state index < -0.39 is 16.1 Å². The molecule has 0 N–H and O–H groups in total. The molecule has 3 aromatic heterocycles. The van der Waals surface area contributed by atoms with Crippen LogP contribution in [0.4, 0.5) is 11.4 Å². The van der Waals surface area contributed by atoms with E-state index in [4.69, 9.17) is 9.72 Å². The Kier molecular flexibility index (Phi) is 11.4. The number of rotatable bonds is 7. The highest BCUT2D eigenvalue weighted by atomic mass is 28.3. The van der Waals surface area contributed by atoms with E-state index in [-0.39, 0.29) is 10.8 Å². The van der Waals surface area contributed by atoms with E-state index in [1.54, 1.807) is 0 Å². The van der Waals surface area contributed by atoms with E-state index in [1.807, 2.05) is 6.20 Å². The number of para-hydroxylation sites is 3. The fraction of sp³-hybridized carbons (Fsp3) is 0.221. The first-order chi connectivity index (χ1) is 35.7. The Morgan fingerprint density at radius 2 is 1.03 bits per heavy atom. The Balaban J connectivity index is 1.10. The molecular formula is C68H68N4OSi2. The van der Waals surface area contributed by atoms with Crippen molar-refractivity contribution >= 4 is 103 Å². The van der Waals surface area contributed by atoms with Crippen LogP contribution in [0, 0.1) is 0 Å². The van der Waals surface area contributed by atoms with Gasteiger partial charge in [-0.3, -0.25) is 4.57 Å². The molecule has 0 atom stereocenters. The van der Waals surface area contributed by atoms with Crippen LogP contribution in [0.3, 0.4) is 0 Å². The molecule has 0 unspecified atom stereocenters. The van der Waals surface area contributed by atoms with Crippen LogP contribution in [-0.2, 0) is 17.5 Å². The predicted molar refractivity (Wildman–Crippen MR) is 328 cm³/mol. The van der Waals surface area contributed by atoms with Crippen LogP contribution < -0.4 is 20.0 Å². The maximum absolute atomic E-state index is 7.17. The largest absolute Gasteiger partial charge is 0.457 e. The van der Waals surface area contributed by atoms with Crippen LogP contribution in [0.5, 0.6) is 11.5 Å². The SMILES string of the molecule is CC(C)(C)c1cc(-c2cccc3c4ccccc4c4ccccc4c4cccc5c4n(c23)CN5c2cc(Oc3ccc4c5ccccc5n(-c5cc(C(C)(C)C)ccn5)c4c3)cc([Si](C)(C)C)c2)cc([Si](C)(C)C)c1. The Labute approximate surface area is 444 Å². The fourth-order valence-electron chi connectivity index (χ4n) is 11.4. The molecule has 1 aliphatic heterocycles. The second-order valence-corrected chi connectivity index (χ2v) is 35.2. The molecule has 4 heterocycles. The number of fused-ring (bicyclic) bond motifs is 10. The van der Waals surface area contributed by atoms with E-state index in [9.17, 15) is 0 Å². The molecule has 0 saturated heterocycles. The van der Waals surface area contributed by atoms with E-state index in [2.05, 4.69) is 271 Å². The lowest BCUT2D eigenvalue weighted by Gasteiger charge is -2.26. The number of hydrogen-bond donors (Lipinski definition) is 0. The average Bonchev–Trinajstić information content (AvgIpc) is 3.94.